The number of fused-ring (bicyclic) bond motifs is 1. The lowest BCUT2D eigenvalue weighted by molar-refractivity contribution is -0.120. The fourth-order valence-corrected chi connectivity index (χ4v) is 3.73. The number of aromatic nitrogens is 3. The third kappa shape index (κ3) is 4.97. The lowest BCUT2D eigenvalue weighted by Gasteiger charge is -2.13. The lowest BCUT2D eigenvalue weighted by atomic mass is 10.3. The van der Waals surface area contributed by atoms with Gasteiger partial charge in [-0.3, -0.25) is 14.2 Å². The Morgan fingerprint density at radius 1 is 1.34 bits per heavy atom. The maximum Gasteiger partial charge on any atom is 0.283 e. The number of aromatic amines is 1. The molecule has 0 spiro atoms. The van der Waals surface area contributed by atoms with Gasteiger partial charge in [0.05, 0.1) is 23.9 Å². The Morgan fingerprint density at radius 2 is 2.14 bits per heavy atom. The van der Waals surface area contributed by atoms with Crippen molar-refractivity contribution in [1.29, 1.82) is 5.26 Å². The maximum atomic E-state index is 13.0. The van der Waals surface area contributed by atoms with E-state index in [1.165, 1.54) is 11.8 Å². The second-order valence-electron chi connectivity index (χ2n) is 6.09. The fraction of sp³-hybridized carbons (Fsp3) is 0.300. The molecule has 1 aromatic carbocycles. The smallest absolute Gasteiger partial charge is 0.283 e. The normalized spacial score (nSPS) is 10.6. The summed E-state index contributed by atoms with van der Waals surface area (Å²) < 4.78 is 7.04. The van der Waals surface area contributed by atoms with Crippen LogP contribution in [0.15, 0.2) is 46.5 Å². The van der Waals surface area contributed by atoms with Crippen LogP contribution in [0.25, 0.3) is 16.7 Å². The van der Waals surface area contributed by atoms with E-state index in [4.69, 9.17) is 10.00 Å². The van der Waals surface area contributed by atoms with Gasteiger partial charge in [-0.15, -0.1) is 0 Å². The average molecular weight is 411 g/mol. The molecule has 2 aromatic heterocycles. The van der Waals surface area contributed by atoms with Gasteiger partial charge in [0.1, 0.15) is 17.8 Å². The molecule has 0 aliphatic carbocycles. The minimum atomic E-state index is -0.182. The van der Waals surface area contributed by atoms with E-state index in [2.05, 4.69) is 15.3 Å². The molecule has 0 atom stereocenters. The molecule has 0 saturated carbocycles. The van der Waals surface area contributed by atoms with Crippen LogP contribution in [0.4, 0.5) is 0 Å². The summed E-state index contributed by atoms with van der Waals surface area (Å²) in [7, 11) is 0. The zero-order valence-corrected chi connectivity index (χ0v) is 16.8. The number of amides is 1. The van der Waals surface area contributed by atoms with Crippen LogP contribution >= 0.6 is 11.8 Å². The first-order chi connectivity index (χ1) is 14.1. The zero-order chi connectivity index (χ0) is 20.6. The summed E-state index contributed by atoms with van der Waals surface area (Å²) in [6.45, 7) is 2.49. The van der Waals surface area contributed by atoms with Crippen molar-refractivity contribution in [2.24, 2.45) is 0 Å². The molecule has 0 radical (unpaired) electrons. The third-order valence-electron chi connectivity index (χ3n) is 4.10. The Bertz CT molecular complexity index is 1080. The molecule has 0 aliphatic rings. The largest absolute Gasteiger partial charge is 0.494 e. The monoisotopic (exact) mass is 411 g/mol. The van der Waals surface area contributed by atoms with Gasteiger partial charge in [-0.2, -0.15) is 5.26 Å². The number of hydrogen-bond acceptors (Lipinski definition) is 6. The van der Waals surface area contributed by atoms with Gasteiger partial charge in [-0.1, -0.05) is 11.8 Å². The summed E-state index contributed by atoms with van der Waals surface area (Å²) >= 11 is 1.42. The second kappa shape index (κ2) is 9.80. The predicted octanol–water partition coefficient (Wildman–Crippen LogP) is 2.62. The molecule has 2 heterocycles. The van der Waals surface area contributed by atoms with Crippen LogP contribution in [0.3, 0.4) is 0 Å². The Morgan fingerprint density at radius 3 is 2.86 bits per heavy atom. The van der Waals surface area contributed by atoms with Crippen molar-refractivity contribution in [3.63, 3.8) is 0 Å². The number of nitrogens with zero attached hydrogens (tertiary/aromatic N) is 3. The molecule has 8 nitrogen and oxygen atoms in total. The fourth-order valence-electron chi connectivity index (χ4n) is 2.78. The van der Waals surface area contributed by atoms with E-state index in [1.54, 1.807) is 16.8 Å². The number of thioether (sulfide) groups is 1. The molecule has 3 rings (SSSR count). The van der Waals surface area contributed by atoms with Crippen molar-refractivity contribution in [1.82, 2.24) is 19.9 Å². The van der Waals surface area contributed by atoms with Crippen molar-refractivity contribution >= 4 is 28.7 Å². The Balaban J connectivity index is 1.82. The molecule has 29 heavy (non-hydrogen) atoms. The molecule has 0 aliphatic heterocycles. The number of rotatable bonds is 9. The van der Waals surface area contributed by atoms with E-state index in [1.807, 2.05) is 37.3 Å². The highest BCUT2D eigenvalue weighted by Gasteiger charge is 2.14. The van der Waals surface area contributed by atoms with Crippen molar-refractivity contribution in [2.75, 3.05) is 18.9 Å². The minimum absolute atomic E-state index is 0.00890. The van der Waals surface area contributed by atoms with Gasteiger partial charge in [0.25, 0.3) is 5.56 Å². The number of benzene rings is 1. The van der Waals surface area contributed by atoms with E-state index >= 15 is 0 Å². The Kier molecular flexibility index (Phi) is 6.92. The van der Waals surface area contributed by atoms with Crippen molar-refractivity contribution < 1.29 is 9.53 Å². The van der Waals surface area contributed by atoms with Gasteiger partial charge < -0.3 is 15.0 Å². The lowest BCUT2D eigenvalue weighted by Crippen LogP contribution is -2.23. The molecule has 0 saturated heterocycles. The summed E-state index contributed by atoms with van der Waals surface area (Å²) in [5.74, 6) is 1.18. The van der Waals surface area contributed by atoms with Crippen LogP contribution in [0.2, 0.25) is 0 Å². The number of H-pyrrole nitrogens is 1. The summed E-state index contributed by atoms with van der Waals surface area (Å²) in [6.07, 6.45) is 2.61. The number of nitrogens with one attached hydrogen (secondary N) is 2. The van der Waals surface area contributed by atoms with Crippen LogP contribution in [0, 0.1) is 11.3 Å². The van der Waals surface area contributed by atoms with Crippen molar-refractivity contribution in [3.8, 4) is 17.5 Å². The van der Waals surface area contributed by atoms with Gasteiger partial charge >= 0.3 is 0 Å². The second-order valence-corrected chi connectivity index (χ2v) is 7.15. The summed E-state index contributed by atoms with van der Waals surface area (Å²) in [5, 5.41) is 11.6. The van der Waals surface area contributed by atoms with Crippen LogP contribution in [-0.4, -0.2) is 39.3 Å². The molecule has 0 fully saturated rings. The molecular formula is C20H21N5O3S. The third-order valence-corrected chi connectivity index (χ3v) is 5.12. The van der Waals surface area contributed by atoms with Gasteiger partial charge in [-0.05, 0) is 43.7 Å². The first-order valence-electron chi connectivity index (χ1n) is 9.24. The van der Waals surface area contributed by atoms with Gasteiger partial charge in [-0.25, -0.2) is 4.98 Å². The number of nitriles is 1. The summed E-state index contributed by atoms with van der Waals surface area (Å²) in [5.41, 5.74) is 1.56. The summed E-state index contributed by atoms with van der Waals surface area (Å²) in [6, 6.07) is 10.9. The summed E-state index contributed by atoms with van der Waals surface area (Å²) in [4.78, 5) is 32.2. The first kappa shape index (κ1) is 20.5. The van der Waals surface area contributed by atoms with E-state index in [-0.39, 0.29) is 18.0 Å². The van der Waals surface area contributed by atoms with E-state index in [0.717, 1.165) is 5.75 Å². The highest BCUT2D eigenvalue weighted by Crippen LogP contribution is 2.23. The number of ether oxygens (including phenoxy) is 1. The SMILES string of the molecule is CCOc1ccc(-n2c(SCCCC(=O)NCC#N)nc3cc[nH]c3c2=O)cc1. The average Bonchev–Trinajstić information content (AvgIpc) is 3.20. The number of hydrogen-bond donors (Lipinski definition) is 2. The van der Waals surface area contributed by atoms with Crippen LogP contribution in [0.5, 0.6) is 5.75 Å². The molecule has 150 valence electrons. The zero-order valence-electron chi connectivity index (χ0n) is 16.0. The molecule has 1 amide bonds. The maximum absolute atomic E-state index is 13.0. The van der Waals surface area contributed by atoms with Crippen molar-refractivity contribution in [3.05, 3.63) is 46.9 Å². The quantitative estimate of drug-likeness (QED) is 0.242. The Hall–Kier alpha value is -3.25. The molecule has 9 heteroatoms. The highest BCUT2D eigenvalue weighted by molar-refractivity contribution is 7.99. The molecular weight excluding hydrogens is 390 g/mol. The Labute approximate surface area is 171 Å². The molecule has 0 unspecified atom stereocenters. The van der Waals surface area contributed by atoms with Gasteiger partial charge in [0, 0.05) is 18.4 Å². The van der Waals surface area contributed by atoms with Gasteiger partial charge in [0.15, 0.2) is 5.16 Å². The standard InChI is InChI=1S/C20H21N5O3S/c1-2-28-15-7-5-14(6-8-15)25-19(27)18-16(9-11-23-18)24-20(25)29-13-3-4-17(26)22-12-10-21/h5-9,11,23H,2-4,12-13H2,1H3,(H,22,26). The molecule has 3 aromatic rings. The topological polar surface area (TPSA) is 113 Å². The van der Waals surface area contributed by atoms with E-state index < -0.39 is 0 Å². The van der Waals surface area contributed by atoms with E-state index in [0.29, 0.717) is 47.1 Å². The van der Waals surface area contributed by atoms with Crippen LogP contribution < -0.4 is 15.6 Å². The van der Waals surface area contributed by atoms with Crippen LogP contribution in [0.1, 0.15) is 19.8 Å². The van der Waals surface area contributed by atoms with Crippen LogP contribution in [-0.2, 0) is 4.79 Å². The number of carbonyl (C=O) groups excluding carboxylic acids is 1. The van der Waals surface area contributed by atoms with Gasteiger partial charge in [0.2, 0.25) is 5.91 Å². The molecule has 2 N–H and O–H groups in total. The molecule has 0 bridgehead atoms. The number of carbonyl (C=O) groups is 1. The highest BCUT2D eigenvalue weighted by atomic mass is 32.2. The van der Waals surface area contributed by atoms with E-state index in [9.17, 15) is 9.59 Å². The minimum Gasteiger partial charge on any atom is -0.494 e. The van der Waals surface area contributed by atoms with Crippen molar-refractivity contribution in [2.45, 2.75) is 24.9 Å². The first-order valence-corrected chi connectivity index (χ1v) is 10.2. The predicted molar refractivity (Wildman–Crippen MR) is 111 cm³/mol.